The van der Waals surface area contributed by atoms with Crippen molar-refractivity contribution in [1.29, 1.82) is 0 Å². The second-order valence-electron chi connectivity index (χ2n) is 1.77. The molecule has 12 heavy (non-hydrogen) atoms. The fourth-order valence-electron chi connectivity index (χ4n) is 0.257. The third-order valence-electron chi connectivity index (χ3n) is 0.907. The summed E-state index contributed by atoms with van der Waals surface area (Å²) >= 11 is 0. The summed E-state index contributed by atoms with van der Waals surface area (Å²) in [5.41, 5.74) is 0. The average Bonchev–Trinajstić information content (AvgIpc) is 1.85. The van der Waals surface area contributed by atoms with E-state index in [1.54, 1.807) is 0 Å². The second kappa shape index (κ2) is 2.54. The lowest BCUT2D eigenvalue weighted by molar-refractivity contribution is -0.339. The fraction of sp³-hybridized carbons (Fsp3) is 0.600. The van der Waals surface area contributed by atoms with E-state index in [1.165, 1.54) is 0 Å². The Kier molecular flexibility index (Phi) is 2.34. The third-order valence-corrected chi connectivity index (χ3v) is 0.907. The third kappa shape index (κ3) is 1.47. The second-order valence-corrected chi connectivity index (χ2v) is 1.77. The minimum Gasteiger partial charge on any atom is -0.188 e. The zero-order valence-electron chi connectivity index (χ0n) is 5.15. The fourth-order valence-corrected chi connectivity index (χ4v) is 0.257. The van der Waals surface area contributed by atoms with Gasteiger partial charge in [-0.1, -0.05) is 0 Å². The minimum atomic E-state index is -6.38. The predicted octanol–water partition coefficient (Wildman–Crippen LogP) is 2.41. The zero-order valence-corrected chi connectivity index (χ0v) is 5.15. The van der Waals surface area contributed by atoms with E-state index in [0.29, 0.717) is 0 Å². The smallest absolute Gasteiger partial charge is 0.188 e. The van der Waals surface area contributed by atoms with Gasteiger partial charge in [0.05, 0.1) is 0 Å². The van der Waals surface area contributed by atoms with E-state index >= 15 is 0 Å². The van der Waals surface area contributed by atoms with Crippen LogP contribution in [0.15, 0.2) is 0 Å². The molecule has 0 aromatic rings. The lowest BCUT2D eigenvalue weighted by Gasteiger charge is -2.23. The molecule has 0 saturated carbocycles. The quantitative estimate of drug-likeness (QED) is 0.443. The van der Waals surface area contributed by atoms with Crippen molar-refractivity contribution in [3.63, 3.8) is 0 Å². The SMILES string of the molecule is [C]#CC(F)(F)C(F)(F)C(F)(F)F. The Hall–Kier alpha value is -0.930. The first-order valence-corrected chi connectivity index (χ1v) is 2.32. The predicted molar refractivity (Wildman–Crippen MR) is 23.1 cm³/mol. The Morgan fingerprint density at radius 3 is 1.25 bits per heavy atom. The molecular weight excluding hydrogens is 193 g/mol. The van der Waals surface area contributed by atoms with Crippen LogP contribution in [0.3, 0.4) is 0 Å². The molecule has 69 valence electrons. The molecule has 0 heterocycles. The van der Waals surface area contributed by atoms with Crippen molar-refractivity contribution < 1.29 is 30.7 Å². The van der Waals surface area contributed by atoms with Crippen LogP contribution >= 0.6 is 0 Å². The van der Waals surface area contributed by atoms with Crippen LogP contribution in [0, 0.1) is 12.3 Å². The summed E-state index contributed by atoms with van der Waals surface area (Å²) in [4.78, 5) is 0. The van der Waals surface area contributed by atoms with Gasteiger partial charge in [-0.05, 0) is 12.3 Å². The summed E-state index contributed by atoms with van der Waals surface area (Å²) in [6.07, 6.45) is -0.823. The van der Waals surface area contributed by atoms with Gasteiger partial charge >= 0.3 is 18.0 Å². The van der Waals surface area contributed by atoms with Gasteiger partial charge in [0.1, 0.15) is 0 Å². The van der Waals surface area contributed by atoms with Gasteiger partial charge in [-0.2, -0.15) is 30.7 Å². The minimum absolute atomic E-state index is 0.165. The van der Waals surface area contributed by atoms with Crippen LogP contribution in [0.25, 0.3) is 0 Å². The van der Waals surface area contributed by atoms with E-state index < -0.39 is 18.0 Å². The number of halogens is 7. The standard InChI is InChI=1S/C5F7/c1-2-3(6,7)4(8,9)5(10,11)12. The molecule has 0 N–H and O–H groups in total. The van der Waals surface area contributed by atoms with Crippen molar-refractivity contribution >= 4 is 0 Å². The van der Waals surface area contributed by atoms with Gasteiger partial charge in [-0.25, -0.2) is 0 Å². The van der Waals surface area contributed by atoms with Crippen LogP contribution in [0.4, 0.5) is 30.7 Å². The molecule has 0 spiro atoms. The highest BCUT2D eigenvalue weighted by Crippen LogP contribution is 2.45. The van der Waals surface area contributed by atoms with E-state index in [4.69, 9.17) is 6.42 Å². The van der Waals surface area contributed by atoms with Crippen LogP contribution in [-0.4, -0.2) is 18.0 Å². The number of alkyl halides is 7. The summed E-state index contributed by atoms with van der Waals surface area (Å²) in [5, 5.41) is 0. The van der Waals surface area contributed by atoms with Crippen molar-refractivity contribution in [2.75, 3.05) is 0 Å². The summed E-state index contributed by atoms with van der Waals surface area (Å²) in [7, 11) is 0. The Bertz CT molecular complexity index is 205. The van der Waals surface area contributed by atoms with E-state index in [2.05, 4.69) is 0 Å². The van der Waals surface area contributed by atoms with Crippen LogP contribution in [0.1, 0.15) is 0 Å². The van der Waals surface area contributed by atoms with Crippen molar-refractivity contribution in [3.8, 4) is 5.92 Å². The summed E-state index contributed by atoms with van der Waals surface area (Å²) in [5.74, 6) is -12.0. The van der Waals surface area contributed by atoms with E-state index in [9.17, 15) is 30.7 Å². The maximum absolute atomic E-state index is 11.7. The summed E-state index contributed by atoms with van der Waals surface area (Å²) in [6.45, 7) is 0. The first-order valence-electron chi connectivity index (χ1n) is 2.32. The molecule has 0 aliphatic carbocycles. The molecule has 0 aromatic heterocycles. The highest BCUT2D eigenvalue weighted by molar-refractivity contribution is 5.07. The van der Waals surface area contributed by atoms with Gasteiger partial charge in [-0.3, -0.25) is 0 Å². The Morgan fingerprint density at radius 2 is 1.17 bits per heavy atom. The molecule has 0 aromatic carbocycles. The molecule has 0 aliphatic heterocycles. The van der Waals surface area contributed by atoms with Crippen molar-refractivity contribution in [3.05, 3.63) is 6.42 Å². The van der Waals surface area contributed by atoms with Gasteiger partial charge in [-0.15, -0.1) is 0 Å². The number of rotatable bonds is 1. The lowest BCUT2D eigenvalue weighted by Crippen LogP contribution is -2.51. The molecule has 7 heteroatoms. The number of hydrogen-bond acceptors (Lipinski definition) is 0. The molecule has 0 unspecified atom stereocenters. The van der Waals surface area contributed by atoms with Gasteiger partial charge in [0.25, 0.3) is 0 Å². The highest BCUT2D eigenvalue weighted by atomic mass is 19.4. The molecule has 0 rings (SSSR count). The van der Waals surface area contributed by atoms with Gasteiger partial charge < -0.3 is 0 Å². The topological polar surface area (TPSA) is 0 Å². The maximum atomic E-state index is 11.7. The molecular formula is C5F7. The molecule has 0 amide bonds. The highest BCUT2D eigenvalue weighted by Gasteiger charge is 2.72. The lowest BCUT2D eigenvalue weighted by atomic mass is 10.2. The van der Waals surface area contributed by atoms with Crippen molar-refractivity contribution in [1.82, 2.24) is 0 Å². The summed E-state index contributed by atoms with van der Waals surface area (Å²) in [6, 6.07) is 0. The molecule has 0 fully saturated rings. The van der Waals surface area contributed by atoms with Crippen LogP contribution < -0.4 is 0 Å². The van der Waals surface area contributed by atoms with Crippen LogP contribution in [0.2, 0.25) is 0 Å². The Morgan fingerprint density at radius 1 is 0.833 bits per heavy atom. The monoisotopic (exact) mass is 193 g/mol. The average molecular weight is 193 g/mol. The van der Waals surface area contributed by atoms with Crippen molar-refractivity contribution in [2.45, 2.75) is 18.0 Å². The first-order chi connectivity index (χ1) is 5.06. The van der Waals surface area contributed by atoms with E-state index in [-0.39, 0.29) is 5.92 Å². The molecule has 0 nitrogen and oxygen atoms in total. The maximum Gasteiger partial charge on any atom is 0.461 e. The Balaban J connectivity index is 5.02. The number of hydrogen-bond donors (Lipinski definition) is 0. The molecule has 0 aliphatic rings. The van der Waals surface area contributed by atoms with Gasteiger partial charge in [0, 0.05) is 0 Å². The van der Waals surface area contributed by atoms with E-state index in [0.717, 1.165) is 0 Å². The summed E-state index contributed by atoms with van der Waals surface area (Å²) < 4.78 is 80.1. The molecule has 0 atom stereocenters. The normalized spacial score (nSPS) is 14.2. The molecule has 0 bridgehead atoms. The molecule has 1 radical (unpaired) electrons. The van der Waals surface area contributed by atoms with Crippen LogP contribution in [-0.2, 0) is 0 Å². The van der Waals surface area contributed by atoms with Gasteiger partial charge in [0.2, 0.25) is 0 Å². The van der Waals surface area contributed by atoms with E-state index in [1.807, 2.05) is 0 Å². The van der Waals surface area contributed by atoms with Crippen molar-refractivity contribution in [2.24, 2.45) is 0 Å². The first kappa shape index (κ1) is 11.1. The van der Waals surface area contributed by atoms with Crippen LogP contribution in [0.5, 0.6) is 0 Å². The Labute approximate surface area is 62.4 Å². The molecule has 0 saturated heterocycles. The largest absolute Gasteiger partial charge is 0.461 e. The zero-order chi connectivity index (χ0) is 10.2. The van der Waals surface area contributed by atoms with Gasteiger partial charge in [0.15, 0.2) is 0 Å².